The van der Waals surface area contributed by atoms with Crippen molar-refractivity contribution < 1.29 is 158 Å². The molecule has 12 rings (SSSR count). The van der Waals surface area contributed by atoms with Crippen molar-refractivity contribution in [1.82, 2.24) is 0 Å². The number of hydrogen-bond acceptors (Lipinski definition) is 32. The molecule has 32 heteroatoms. The average Bonchev–Trinajstić information content (AvgIpc) is 1.68. The maximum atomic E-state index is 16.1. The van der Waals surface area contributed by atoms with Gasteiger partial charge in [0.2, 0.25) is 29.5 Å². The van der Waals surface area contributed by atoms with E-state index in [-0.39, 0.29) is 0 Å². The van der Waals surface area contributed by atoms with Gasteiger partial charge in [-0.15, -0.1) is 0 Å². The summed E-state index contributed by atoms with van der Waals surface area (Å²) in [5.74, 6) is -41.8. The van der Waals surface area contributed by atoms with Gasteiger partial charge in [0.15, 0.2) is 87.3 Å². The van der Waals surface area contributed by atoms with Crippen LogP contribution in [0.3, 0.4) is 0 Å². The number of aliphatic hydroxyl groups is 4. The van der Waals surface area contributed by atoms with E-state index in [1.807, 2.05) is 0 Å². The summed E-state index contributed by atoms with van der Waals surface area (Å²) >= 11 is 0. The fraction of sp³-hybridized carbons (Fsp3) is 0.340. The van der Waals surface area contributed by atoms with Gasteiger partial charge in [0, 0.05) is 12.0 Å². The summed E-state index contributed by atoms with van der Waals surface area (Å²) in [6.07, 6.45) is -19.5. The summed E-state index contributed by atoms with van der Waals surface area (Å²) in [7, 11) is 0. The Labute approximate surface area is 434 Å². The van der Waals surface area contributed by atoms with Gasteiger partial charge in [-0.25, -0.2) is 24.0 Å². The summed E-state index contributed by atoms with van der Waals surface area (Å²) in [5.41, 5.74) is -12.4. The predicted molar refractivity (Wildman–Crippen MR) is 233 cm³/mol. The monoisotopic (exact) mass is 1110 g/mol. The highest BCUT2D eigenvalue weighted by atomic mass is 16.8. The lowest BCUT2D eigenvalue weighted by molar-refractivity contribution is -0.459. The van der Waals surface area contributed by atoms with E-state index in [0.29, 0.717) is 42.5 Å². The molecule has 4 bridgehead atoms. The van der Waals surface area contributed by atoms with E-state index in [2.05, 4.69) is 0 Å². The largest absolute Gasteiger partial charge is 0.504 e. The van der Waals surface area contributed by atoms with Crippen molar-refractivity contribution in [3.8, 4) is 69.0 Å². The third-order valence-electron chi connectivity index (χ3n) is 14.6. The zero-order valence-electron chi connectivity index (χ0n) is 38.9. The van der Waals surface area contributed by atoms with Crippen molar-refractivity contribution >= 4 is 41.6 Å². The van der Waals surface area contributed by atoms with Gasteiger partial charge < -0.3 is 124 Å². The van der Waals surface area contributed by atoms with Crippen LogP contribution in [-0.2, 0) is 57.0 Å². The minimum atomic E-state index is -4.05. The molecule has 7 aliphatic heterocycles. The topological polar surface area (TPSA) is 515 Å². The van der Waals surface area contributed by atoms with Crippen LogP contribution in [0.4, 0.5) is 0 Å². The molecule has 32 nitrogen and oxygen atoms in total. The minimum absolute atomic E-state index is 0.360. The molecule has 4 aromatic carbocycles. The van der Waals surface area contributed by atoms with Gasteiger partial charge in [-0.3, -0.25) is 9.59 Å². The lowest BCUT2D eigenvalue weighted by atomic mass is 9.47. The highest BCUT2D eigenvalue weighted by Gasteiger charge is 2.97. The number of ketones is 1. The second kappa shape index (κ2) is 16.8. The Balaban J connectivity index is 1.16. The molecule has 5 saturated heterocycles. The van der Waals surface area contributed by atoms with E-state index in [0.717, 1.165) is 0 Å². The van der Waals surface area contributed by atoms with Crippen LogP contribution >= 0.6 is 0 Å². The number of hydrogen-bond donors (Lipinski definition) is 15. The first-order valence-corrected chi connectivity index (χ1v) is 22.7. The molecule has 8 aliphatic rings. The van der Waals surface area contributed by atoms with Crippen LogP contribution < -0.4 is 4.74 Å². The quantitative estimate of drug-likeness (QED) is 0.0503. The molecule has 1 saturated carbocycles. The molecule has 79 heavy (non-hydrogen) atoms. The highest BCUT2D eigenvalue weighted by molar-refractivity contribution is 6.06. The number of Topliss-reactive ketones (excluding diaryl/α,β-unsaturated/α-hetero) is 1. The van der Waals surface area contributed by atoms with Gasteiger partial charge in [-0.05, 0) is 42.5 Å². The molecule has 1 aliphatic carbocycles. The Morgan fingerprint density at radius 3 is 1.68 bits per heavy atom. The van der Waals surface area contributed by atoms with Gasteiger partial charge in [0.05, 0.1) is 34.8 Å². The maximum Gasteiger partial charge on any atom is 0.346 e. The normalized spacial score (nSPS) is 33.6. The second-order valence-electron chi connectivity index (χ2n) is 18.9. The van der Waals surface area contributed by atoms with Crippen LogP contribution in [0.25, 0.3) is 0 Å². The molecule has 2 spiro atoms. The number of aromatic hydroxyl groups is 11. The Morgan fingerprint density at radius 1 is 0.608 bits per heavy atom. The predicted octanol–water partition coefficient (Wildman–Crippen LogP) is -2.85. The number of carbonyl (C=O) groups is 7. The van der Waals surface area contributed by atoms with Gasteiger partial charge in [-0.2, -0.15) is 0 Å². The maximum absolute atomic E-state index is 16.1. The zero-order valence-corrected chi connectivity index (χ0v) is 38.9. The summed E-state index contributed by atoms with van der Waals surface area (Å²) < 4.78 is 56.7. The molecule has 0 amide bonds. The van der Waals surface area contributed by atoms with E-state index >= 15 is 9.59 Å². The van der Waals surface area contributed by atoms with E-state index < -0.39 is 235 Å². The fourth-order valence-electron chi connectivity index (χ4n) is 11.0. The molecule has 0 aromatic heterocycles. The highest BCUT2D eigenvalue weighted by Crippen LogP contribution is 2.75. The smallest absolute Gasteiger partial charge is 0.346 e. The first-order chi connectivity index (χ1) is 37.0. The van der Waals surface area contributed by atoms with Crippen molar-refractivity contribution in [1.29, 1.82) is 0 Å². The molecule has 0 unspecified atom stereocenters. The Bertz CT molecular complexity index is 3380. The van der Waals surface area contributed by atoms with Crippen LogP contribution in [-0.4, -0.2) is 197 Å². The molecule has 0 radical (unpaired) electrons. The number of carbonyl (C=O) groups excluding carboxylic acids is 7. The molecular weight excluding hydrogens is 1080 g/mol. The molecule has 7 heterocycles. The third-order valence-corrected chi connectivity index (χ3v) is 14.6. The van der Waals surface area contributed by atoms with Crippen LogP contribution in [0, 0.1) is 5.41 Å². The average molecular weight is 1110 g/mol. The SMILES string of the molecule is O=C(OC[C@@H]1O[C@H](OC(=O)c2cc(O)c(O)c(O)c2)[C@@H]2OC(=O)c3cc(O)c(O)c4c3[C@@H]3[C@](O)(O4)[C@]4(O)O[C@]5(C(=O)O[C@@H]6[C@@H](O)CO[C@]65O)[C@@]3(CC4=O)C(=O)O[C@@H]1[C@H]2OC(=O)c1cc(O)c(O)c(O)c1)c1cc(O)c(O)c(O)c1. The van der Waals surface area contributed by atoms with E-state index in [4.69, 9.17) is 47.4 Å². The standard InChI is InChI=1S/C47H36O32/c48-15-1-11(2-16(49)26(15)57)36(61)70-10-23-30-32(73-37(62)12-3-17(50)27(58)18(51)4-12)33(40(72-23)77-38(63)13-5-19(52)28(59)20(53)6-13)74-39(64)14-7-21(54)29(60)31-25(14)34-43(41(65)75-30)8-24(56)45(67,46(34,68)78-31)79-44(43)42(66)76-35-22(55)9-71-47(35,44)69/h1-7,22-23,30,32-35,40,48-55,57-60,67-69H,8-10H2/t22-,23-,30-,32+,33+,34-,35+,40+,43+,44+,45+,46-,47+/m0/s1. The van der Waals surface area contributed by atoms with Gasteiger partial charge in [-0.1, -0.05) is 0 Å². The second-order valence-corrected chi connectivity index (χ2v) is 18.9. The molecule has 6 fully saturated rings. The van der Waals surface area contributed by atoms with Crippen molar-refractivity contribution in [3.05, 3.63) is 70.3 Å². The summed E-state index contributed by atoms with van der Waals surface area (Å²) in [4.78, 5) is 103. The number of ether oxygens (including phenoxy) is 10. The summed E-state index contributed by atoms with van der Waals surface area (Å²) in [6, 6.07) is 3.49. The third kappa shape index (κ3) is 6.75. The van der Waals surface area contributed by atoms with Crippen LogP contribution in [0.2, 0.25) is 0 Å². The van der Waals surface area contributed by atoms with Gasteiger partial charge in [0.25, 0.3) is 11.6 Å². The number of esters is 6. The molecule has 15 N–H and O–H groups in total. The molecule has 13 atom stereocenters. The van der Waals surface area contributed by atoms with Crippen LogP contribution in [0.1, 0.15) is 59.3 Å². The van der Waals surface area contributed by atoms with Crippen LogP contribution in [0.5, 0.6) is 69.0 Å². The molecular formula is C47H36O32. The van der Waals surface area contributed by atoms with E-state index in [1.54, 1.807) is 0 Å². The number of phenols is 11. The lowest BCUT2D eigenvalue weighted by Crippen LogP contribution is -2.88. The van der Waals surface area contributed by atoms with E-state index in [1.165, 1.54) is 0 Å². The number of benzene rings is 4. The van der Waals surface area contributed by atoms with E-state index in [9.17, 15) is 101 Å². The van der Waals surface area contributed by atoms with Gasteiger partial charge >= 0.3 is 35.8 Å². The summed E-state index contributed by atoms with van der Waals surface area (Å²) in [5, 5.41) is 163. The Kier molecular flexibility index (Phi) is 11.0. The van der Waals surface area contributed by atoms with Crippen molar-refractivity contribution in [2.75, 3.05) is 13.2 Å². The molecule has 416 valence electrons. The Hall–Kier alpha value is -9.31. The number of fused-ring (bicyclic) bond motifs is 4. The first kappa shape index (κ1) is 51.8. The lowest BCUT2D eigenvalue weighted by Gasteiger charge is -2.64. The first-order valence-electron chi connectivity index (χ1n) is 22.7. The Morgan fingerprint density at radius 2 is 1.13 bits per heavy atom. The zero-order chi connectivity index (χ0) is 57.1. The molecule has 4 aromatic rings. The van der Waals surface area contributed by atoms with Crippen molar-refractivity contribution in [2.24, 2.45) is 5.41 Å². The number of aliphatic hydroxyl groups excluding tert-OH is 1. The van der Waals surface area contributed by atoms with Crippen molar-refractivity contribution in [2.45, 2.75) is 78.2 Å². The number of rotatable bonds is 7. The van der Waals surface area contributed by atoms with Crippen molar-refractivity contribution in [3.63, 3.8) is 0 Å². The fourth-order valence-corrected chi connectivity index (χ4v) is 11.0. The minimum Gasteiger partial charge on any atom is -0.504 e. The van der Waals surface area contributed by atoms with Crippen LogP contribution in [0.15, 0.2) is 42.5 Å². The van der Waals surface area contributed by atoms with Gasteiger partial charge in [0.1, 0.15) is 24.2 Å². The number of phenolic OH excluding ortho intramolecular Hbond substituents is 11. The summed E-state index contributed by atoms with van der Waals surface area (Å²) in [6.45, 7) is -2.42.